The van der Waals surface area contributed by atoms with Crippen LogP contribution in [0.3, 0.4) is 0 Å². The van der Waals surface area contributed by atoms with Crippen LogP contribution in [0.2, 0.25) is 0 Å². The molecule has 0 aliphatic heterocycles. The first-order valence-corrected chi connectivity index (χ1v) is 2.97. The maximum absolute atomic E-state index is 12.0. The summed E-state index contributed by atoms with van der Waals surface area (Å²) in [6.07, 6.45) is -20.4. The second kappa shape index (κ2) is 3.69. The molecule has 0 aromatic rings. The first-order valence-electron chi connectivity index (χ1n) is 2.97. The van der Waals surface area contributed by atoms with Crippen molar-refractivity contribution in [3.05, 3.63) is 0 Å². The van der Waals surface area contributed by atoms with Crippen molar-refractivity contribution in [2.24, 2.45) is 0 Å². The van der Waals surface area contributed by atoms with Crippen LogP contribution in [-0.4, -0.2) is 24.6 Å². The zero-order valence-corrected chi connectivity index (χ0v) is 5.92. The van der Waals surface area contributed by atoms with Gasteiger partial charge in [0.2, 0.25) is 6.17 Å². The minimum Gasteiger partial charge on any atom is -0.244 e. The van der Waals surface area contributed by atoms with E-state index in [1.807, 2.05) is 0 Å². The fourth-order valence-corrected chi connectivity index (χ4v) is 0.535. The number of hydrogen-bond acceptors (Lipinski definition) is 0. The first kappa shape index (κ1) is 12.5. The van der Waals surface area contributed by atoms with Crippen LogP contribution in [0.25, 0.3) is 0 Å². The normalized spacial score (nSPS) is 18.5. The molecule has 0 fully saturated rings. The summed E-state index contributed by atoms with van der Waals surface area (Å²) < 4.78 is 80.6. The van der Waals surface area contributed by atoms with E-state index in [0.29, 0.717) is 0 Å². The van der Waals surface area contributed by atoms with E-state index in [9.17, 15) is 35.8 Å². The number of hydrogen-bond donors (Lipinski definition) is 0. The van der Waals surface area contributed by atoms with Gasteiger partial charge in [-0.1, -0.05) is 0 Å². The summed E-state index contributed by atoms with van der Waals surface area (Å²) in [7, 11) is 0. The highest BCUT2D eigenvalue weighted by Gasteiger charge is 2.49. The van der Waals surface area contributed by atoms with Crippen LogP contribution in [0.15, 0.2) is 0 Å². The topological polar surface area (TPSA) is 19.9 Å². The molecule has 0 aliphatic rings. The predicted molar refractivity (Wildman–Crippen MR) is 26.1 cm³/mol. The van der Waals surface area contributed by atoms with E-state index >= 15 is 0 Å². The van der Waals surface area contributed by atoms with Crippen molar-refractivity contribution >= 4 is 0 Å². The Balaban J connectivity index is 4.20. The Morgan fingerprint density at radius 1 is 1.00 bits per heavy atom. The van der Waals surface area contributed by atoms with E-state index in [4.69, 9.17) is 0 Å². The highest BCUT2D eigenvalue weighted by molar-refractivity contribution is 4.77. The maximum Gasteiger partial charge on any atom is 0.414 e. The van der Waals surface area contributed by atoms with Gasteiger partial charge >= 0.3 is 12.3 Å². The lowest BCUT2D eigenvalue weighted by Gasteiger charge is -2.17. The zero-order valence-electron chi connectivity index (χ0n) is 5.92. The summed E-state index contributed by atoms with van der Waals surface area (Å²) in [6.45, 7) is 0. The summed E-state index contributed by atoms with van der Waals surface area (Å²) in [4.78, 5) is 0. The van der Waals surface area contributed by atoms with Gasteiger partial charge in [0.15, 0.2) is 0 Å². The quantitative estimate of drug-likeness (QED) is 0.642. The molecule has 0 aromatic carbocycles. The van der Waals surface area contributed by atoms with Crippen LogP contribution in [0, 0.1) is 0 Å². The molecule has 2 atom stereocenters. The van der Waals surface area contributed by atoms with E-state index in [0.717, 1.165) is 0 Å². The van der Waals surface area contributed by atoms with Crippen molar-refractivity contribution in [3.63, 3.8) is 0 Å². The SMILES string of the molecule is [O]C(F)(F)C(F)C(F)CC(F)(F)F. The van der Waals surface area contributed by atoms with Gasteiger partial charge in [-0.3, -0.25) is 0 Å². The van der Waals surface area contributed by atoms with Crippen LogP contribution >= 0.6 is 0 Å². The average molecular weight is 213 g/mol. The third-order valence-electron chi connectivity index (χ3n) is 1.07. The molecular formula is C5H4F7O. The standard InChI is InChI=1S/C5H4F7O/c6-2(1-4(8,9)10)3(7)5(11,12)13/h2-3H,1H2. The Morgan fingerprint density at radius 3 is 1.62 bits per heavy atom. The average Bonchev–Trinajstić information content (AvgIpc) is 1.79. The molecule has 0 N–H and O–H groups in total. The smallest absolute Gasteiger partial charge is 0.244 e. The van der Waals surface area contributed by atoms with Crippen molar-refractivity contribution in [3.8, 4) is 0 Å². The van der Waals surface area contributed by atoms with Crippen LogP contribution in [0.4, 0.5) is 30.7 Å². The molecule has 0 rings (SSSR count). The monoisotopic (exact) mass is 213 g/mol. The van der Waals surface area contributed by atoms with Gasteiger partial charge in [-0.15, -0.1) is 0 Å². The van der Waals surface area contributed by atoms with Gasteiger partial charge in [0.1, 0.15) is 6.17 Å². The first-order chi connectivity index (χ1) is 5.54. The molecule has 0 bridgehead atoms. The highest BCUT2D eigenvalue weighted by Crippen LogP contribution is 2.30. The fraction of sp³-hybridized carbons (Fsp3) is 1.00. The number of halogens is 7. The van der Waals surface area contributed by atoms with E-state index < -0.39 is 31.0 Å². The molecule has 0 aromatic heterocycles. The summed E-state index contributed by atoms with van der Waals surface area (Å²) in [5, 5.41) is 9.42. The van der Waals surface area contributed by atoms with Crippen molar-refractivity contribution in [2.45, 2.75) is 31.0 Å². The third-order valence-corrected chi connectivity index (χ3v) is 1.07. The predicted octanol–water partition coefficient (Wildman–Crippen LogP) is 2.64. The number of rotatable bonds is 3. The fourth-order valence-electron chi connectivity index (χ4n) is 0.535. The van der Waals surface area contributed by atoms with Gasteiger partial charge in [-0.25, -0.2) is 8.78 Å². The molecule has 0 saturated carbocycles. The lowest BCUT2D eigenvalue weighted by molar-refractivity contribution is -0.292. The second-order valence-electron chi connectivity index (χ2n) is 2.30. The van der Waals surface area contributed by atoms with Crippen molar-refractivity contribution < 1.29 is 35.8 Å². The molecule has 0 aliphatic carbocycles. The van der Waals surface area contributed by atoms with E-state index in [-0.39, 0.29) is 0 Å². The van der Waals surface area contributed by atoms with Gasteiger partial charge in [-0.2, -0.15) is 27.1 Å². The molecule has 0 saturated heterocycles. The molecular weight excluding hydrogens is 209 g/mol. The van der Waals surface area contributed by atoms with Gasteiger partial charge in [0, 0.05) is 0 Å². The van der Waals surface area contributed by atoms with E-state index in [1.54, 1.807) is 0 Å². The molecule has 8 heteroatoms. The van der Waals surface area contributed by atoms with Gasteiger partial charge in [-0.05, 0) is 0 Å². The molecule has 79 valence electrons. The third kappa shape index (κ3) is 4.91. The highest BCUT2D eigenvalue weighted by atomic mass is 19.4. The summed E-state index contributed by atoms with van der Waals surface area (Å²) in [5.74, 6) is 0. The minimum atomic E-state index is -5.34. The molecule has 0 spiro atoms. The lowest BCUT2D eigenvalue weighted by atomic mass is 10.1. The minimum absolute atomic E-state index is 2.40. The summed E-state index contributed by atoms with van der Waals surface area (Å²) in [5.41, 5.74) is 0. The largest absolute Gasteiger partial charge is 0.414 e. The Morgan fingerprint density at radius 2 is 1.38 bits per heavy atom. The summed E-state index contributed by atoms with van der Waals surface area (Å²) in [6, 6.07) is 0. The molecule has 0 amide bonds. The Kier molecular flexibility index (Phi) is 3.54. The zero-order chi connectivity index (χ0) is 10.9. The maximum atomic E-state index is 12.0. The van der Waals surface area contributed by atoms with Crippen molar-refractivity contribution in [1.82, 2.24) is 0 Å². The Labute approximate surface area is 68.2 Å². The number of alkyl halides is 7. The Bertz CT molecular complexity index is 159. The van der Waals surface area contributed by atoms with Crippen LogP contribution < -0.4 is 0 Å². The lowest BCUT2D eigenvalue weighted by Crippen LogP contribution is -2.38. The van der Waals surface area contributed by atoms with Crippen molar-refractivity contribution in [1.29, 1.82) is 0 Å². The van der Waals surface area contributed by atoms with Crippen LogP contribution in [-0.2, 0) is 5.11 Å². The molecule has 2 unspecified atom stereocenters. The van der Waals surface area contributed by atoms with Gasteiger partial charge < -0.3 is 0 Å². The summed E-state index contributed by atoms with van der Waals surface area (Å²) >= 11 is 0. The van der Waals surface area contributed by atoms with E-state index in [2.05, 4.69) is 0 Å². The van der Waals surface area contributed by atoms with Gasteiger partial charge in [0.05, 0.1) is 6.42 Å². The molecule has 0 heterocycles. The molecule has 13 heavy (non-hydrogen) atoms. The molecule has 1 radical (unpaired) electrons. The molecule has 1 nitrogen and oxygen atoms in total. The second-order valence-corrected chi connectivity index (χ2v) is 2.30. The van der Waals surface area contributed by atoms with Gasteiger partial charge in [0.25, 0.3) is 0 Å². The van der Waals surface area contributed by atoms with Crippen molar-refractivity contribution in [2.75, 3.05) is 0 Å². The van der Waals surface area contributed by atoms with E-state index in [1.165, 1.54) is 0 Å². The van der Waals surface area contributed by atoms with Crippen LogP contribution in [0.5, 0.6) is 0 Å². The Hall–Kier alpha value is -0.530. The van der Waals surface area contributed by atoms with Crippen LogP contribution in [0.1, 0.15) is 6.42 Å².